The van der Waals surface area contributed by atoms with E-state index in [1.165, 1.54) is 0 Å². The molecule has 0 atom stereocenters. The summed E-state index contributed by atoms with van der Waals surface area (Å²) in [7, 11) is 1.69. The summed E-state index contributed by atoms with van der Waals surface area (Å²) in [4.78, 5) is 11.5. The number of rotatable bonds is 3. The van der Waals surface area contributed by atoms with Gasteiger partial charge in [-0.2, -0.15) is 0 Å². The number of benzene rings is 1. The van der Waals surface area contributed by atoms with E-state index in [0.29, 0.717) is 11.1 Å². The minimum Gasteiger partial charge on any atom is -0.507 e. The van der Waals surface area contributed by atoms with Gasteiger partial charge in [-0.3, -0.25) is 4.79 Å². The Balaban J connectivity index is 3.13. The van der Waals surface area contributed by atoms with Gasteiger partial charge in [-0.25, -0.2) is 0 Å². The van der Waals surface area contributed by atoms with Gasteiger partial charge in [0.15, 0.2) is 5.78 Å². The monoisotopic (exact) mass is 257 g/mol. The van der Waals surface area contributed by atoms with Gasteiger partial charge in [0.2, 0.25) is 0 Å². The first-order valence-corrected chi connectivity index (χ1v) is 5.02. The number of phenolic OH excluding ortho intramolecular Hbond substituents is 1. The molecule has 0 aliphatic heterocycles. The summed E-state index contributed by atoms with van der Waals surface area (Å²) in [6, 6.07) is 3.40. The van der Waals surface area contributed by atoms with Crippen molar-refractivity contribution >= 4 is 21.7 Å². The Morgan fingerprint density at radius 1 is 1.57 bits per heavy atom. The molecule has 0 aliphatic rings. The van der Waals surface area contributed by atoms with Gasteiger partial charge in [0.25, 0.3) is 0 Å². The van der Waals surface area contributed by atoms with Crippen LogP contribution in [0, 0.1) is 6.92 Å². The van der Waals surface area contributed by atoms with E-state index in [2.05, 4.69) is 21.2 Å². The Morgan fingerprint density at radius 2 is 2.21 bits per heavy atom. The van der Waals surface area contributed by atoms with Crippen molar-refractivity contribution in [3.63, 3.8) is 0 Å². The zero-order valence-electron chi connectivity index (χ0n) is 8.10. The summed E-state index contributed by atoms with van der Waals surface area (Å²) in [6.45, 7) is 1.99. The summed E-state index contributed by atoms with van der Waals surface area (Å²) in [5, 5.41) is 12.4. The molecule has 0 spiro atoms. The van der Waals surface area contributed by atoms with E-state index in [1.54, 1.807) is 26.1 Å². The molecule has 14 heavy (non-hydrogen) atoms. The molecular weight excluding hydrogens is 246 g/mol. The quantitative estimate of drug-likeness (QED) is 0.813. The molecule has 0 fully saturated rings. The molecule has 0 amide bonds. The van der Waals surface area contributed by atoms with Gasteiger partial charge < -0.3 is 10.4 Å². The minimum absolute atomic E-state index is 0.0634. The maximum Gasteiger partial charge on any atom is 0.180 e. The topological polar surface area (TPSA) is 49.3 Å². The lowest BCUT2D eigenvalue weighted by Gasteiger charge is -2.06. The SMILES string of the molecule is CNCC(=O)c1cc(Br)cc(C)c1O. The molecule has 0 bridgehead atoms. The third-order valence-electron chi connectivity index (χ3n) is 1.90. The average molecular weight is 258 g/mol. The van der Waals surface area contributed by atoms with E-state index in [0.717, 1.165) is 4.47 Å². The molecule has 0 aromatic heterocycles. The van der Waals surface area contributed by atoms with Crippen molar-refractivity contribution in [2.75, 3.05) is 13.6 Å². The van der Waals surface area contributed by atoms with E-state index >= 15 is 0 Å². The van der Waals surface area contributed by atoms with Crippen molar-refractivity contribution in [2.24, 2.45) is 0 Å². The molecule has 0 radical (unpaired) electrons. The van der Waals surface area contributed by atoms with Crippen LogP contribution in [0.3, 0.4) is 0 Å². The van der Waals surface area contributed by atoms with Gasteiger partial charge in [-0.05, 0) is 31.7 Å². The molecule has 0 heterocycles. The average Bonchev–Trinajstić information content (AvgIpc) is 2.11. The summed E-state index contributed by atoms with van der Waals surface area (Å²) < 4.78 is 0.798. The predicted octanol–water partition coefficient (Wildman–Crippen LogP) is 1.87. The normalized spacial score (nSPS) is 10.2. The molecule has 76 valence electrons. The number of carbonyl (C=O) groups is 1. The first-order chi connectivity index (χ1) is 6.56. The number of halogens is 1. The third-order valence-corrected chi connectivity index (χ3v) is 2.36. The van der Waals surface area contributed by atoms with Gasteiger partial charge in [-0.15, -0.1) is 0 Å². The molecule has 4 heteroatoms. The van der Waals surface area contributed by atoms with Crippen molar-refractivity contribution in [1.29, 1.82) is 0 Å². The highest BCUT2D eigenvalue weighted by atomic mass is 79.9. The van der Waals surface area contributed by atoms with E-state index in [9.17, 15) is 9.90 Å². The second kappa shape index (κ2) is 4.57. The Hall–Kier alpha value is -0.870. The number of ketones is 1. The van der Waals surface area contributed by atoms with Crippen molar-refractivity contribution in [3.8, 4) is 5.75 Å². The number of Topliss-reactive ketones (excluding diaryl/α,β-unsaturated/α-hetero) is 1. The van der Waals surface area contributed by atoms with Gasteiger partial charge in [0, 0.05) is 4.47 Å². The minimum atomic E-state index is -0.116. The van der Waals surface area contributed by atoms with Crippen LogP contribution in [-0.2, 0) is 0 Å². The summed E-state index contributed by atoms with van der Waals surface area (Å²) in [5.41, 5.74) is 1.05. The Labute approximate surface area is 91.3 Å². The Kier molecular flexibility index (Phi) is 3.66. The van der Waals surface area contributed by atoms with Gasteiger partial charge in [-0.1, -0.05) is 15.9 Å². The summed E-state index contributed by atoms with van der Waals surface area (Å²) in [6.07, 6.45) is 0. The highest BCUT2D eigenvalue weighted by molar-refractivity contribution is 9.10. The number of nitrogens with one attached hydrogen (secondary N) is 1. The fraction of sp³-hybridized carbons (Fsp3) is 0.300. The number of hydrogen-bond donors (Lipinski definition) is 2. The van der Waals surface area contributed by atoms with Gasteiger partial charge >= 0.3 is 0 Å². The maximum absolute atomic E-state index is 11.5. The van der Waals surface area contributed by atoms with Crippen molar-refractivity contribution in [2.45, 2.75) is 6.92 Å². The highest BCUT2D eigenvalue weighted by Gasteiger charge is 2.12. The van der Waals surface area contributed by atoms with Gasteiger partial charge in [0.05, 0.1) is 12.1 Å². The van der Waals surface area contributed by atoms with Crippen LogP contribution < -0.4 is 5.32 Å². The Bertz CT molecular complexity index is 363. The van der Waals surface area contributed by atoms with Crippen LogP contribution in [0.2, 0.25) is 0 Å². The van der Waals surface area contributed by atoms with Crippen molar-refractivity contribution in [1.82, 2.24) is 5.32 Å². The number of carbonyl (C=O) groups excluding carboxylic acids is 1. The smallest absolute Gasteiger partial charge is 0.180 e. The Morgan fingerprint density at radius 3 is 2.79 bits per heavy atom. The number of aryl methyl sites for hydroxylation is 1. The van der Waals surface area contributed by atoms with Crippen LogP contribution in [0.5, 0.6) is 5.75 Å². The van der Waals surface area contributed by atoms with E-state index in [4.69, 9.17) is 0 Å². The van der Waals surface area contributed by atoms with Crippen LogP contribution in [-0.4, -0.2) is 24.5 Å². The fourth-order valence-corrected chi connectivity index (χ4v) is 1.78. The van der Waals surface area contributed by atoms with Crippen LogP contribution >= 0.6 is 15.9 Å². The van der Waals surface area contributed by atoms with Crippen molar-refractivity contribution < 1.29 is 9.90 Å². The van der Waals surface area contributed by atoms with E-state index < -0.39 is 0 Å². The number of hydrogen-bond acceptors (Lipinski definition) is 3. The second-order valence-electron chi connectivity index (χ2n) is 3.07. The molecule has 2 N–H and O–H groups in total. The summed E-state index contributed by atoms with van der Waals surface area (Å²) in [5.74, 6) is -0.0529. The first kappa shape index (κ1) is 11.2. The number of likely N-dealkylation sites (N-methyl/N-ethyl adjacent to an activating group) is 1. The molecule has 1 aromatic carbocycles. The fourth-order valence-electron chi connectivity index (χ4n) is 1.20. The molecule has 0 aliphatic carbocycles. The van der Waals surface area contributed by atoms with Crippen LogP contribution in [0.4, 0.5) is 0 Å². The molecular formula is C10H12BrNO2. The van der Waals surface area contributed by atoms with Crippen LogP contribution in [0.1, 0.15) is 15.9 Å². The lowest BCUT2D eigenvalue weighted by atomic mass is 10.1. The standard InChI is InChI=1S/C10H12BrNO2/c1-6-3-7(11)4-8(10(6)14)9(13)5-12-2/h3-4,12,14H,5H2,1-2H3. The second-order valence-corrected chi connectivity index (χ2v) is 3.99. The van der Waals surface area contributed by atoms with Crippen molar-refractivity contribution in [3.05, 3.63) is 27.7 Å². The third kappa shape index (κ3) is 2.33. The molecule has 1 aromatic rings. The number of phenols is 1. The molecule has 1 rings (SSSR count). The van der Waals surface area contributed by atoms with Crippen LogP contribution in [0.25, 0.3) is 0 Å². The van der Waals surface area contributed by atoms with E-state index in [-0.39, 0.29) is 18.1 Å². The lowest BCUT2D eigenvalue weighted by molar-refractivity contribution is 0.0991. The number of aromatic hydroxyl groups is 1. The zero-order chi connectivity index (χ0) is 10.7. The first-order valence-electron chi connectivity index (χ1n) is 4.23. The zero-order valence-corrected chi connectivity index (χ0v) is 9.68. The highest BCUT2D eigenvalue weighted by Crippen LogP contribution is 2.26. The lowest BCUT2D eigenvalue weighted by Crippen LogP contribution is -2.18. The van der Waals surface area contributed by atoms with Gasteiger partial charge in [0.1, 0.15) is 5.75 Å². The molecule has 0 saturated heterocycles. The largest absolute Gasteiger partial charge is 0.507 e. The van der Waals surface area contributed by atoms with Crippen LogP contribution in [0.15, 0.2) is 16.6 Å². The maximum atomic E-state index is 11.5. The summed E-state index contributed by atoms with van der Waals surface area (Å²) >= 11 is 3.28. The predicted molar refractivity (Wildman–Crippen MR) is 58.8 cm³/mol. The molecule has 0 saturated carbocycles. The molecule has 0 unspecified atom stereocenters. The van der Waals surface area contributed by atoms with E-state index in [1.807, 2.05) is 0 Å². The molecule has 3 nitrogen and oxygen atoms in total.